The Hall–Kier alpha value is -3.42. The molecule has 0 heterocycles. The van der Waals surface area contributed by atoms with Gasteiger partial charge in [0.05, 0.1) is 0 Å². The first-order valence-corrected chi connectivity index (χ1v) is 9.35. The highest BCUT2D eigenvalue weighted by Gasteiger charge is 2.12. The van der Waals surface area contributed by atoms with Crippen molar-refractivity contribution in [1.29, 1.82) is 5.26 Å². The monoisotopic (exact) mass is 404 g/mol. The smallest absolute Gasteiger partial charge is 0.266 e. The van der Waals surface area contributed by atoms with E-state index in [4.69, 9.17) is 11.6 Å². The summed E-state index contributed by atoms with van der Waals surface area (Å²) < 4.78 is 13.5. The summed E-state index contributed by atoms with van der Waals surface area (Å²) >= 11 is 5.99. The van der Waals surface area contributed by atoms with Gasteiger partial charge >= 0.3 is 0 Å². The first-order valence-electron chi connectivity index (χ1n) is 8.98. The standard InChI is InChI=1S/C24H18ClFN2O/c1-16-9-10-21(25)14-23(16)28-24(29)20(15-27)13-19-7-3-2-6-18(19)11-17-5-4-8-22(26)12-17/h2-10,12-14H,11H2,1H3,(H,28,29)/b20-13+. The maximum atomic E-state index is 13.5. The third-order valence-electron chi connectivity index (χ3n) is 4.45. The lowest BCUT2D eigenvalue weighted by molar-refractivity contribution is -0.112. The highest BCUT2D eigenvalue weighted by Crippen LogP contribution is 2.22. The molecular weight excluding hydrogens is 387 g/mol. The number of hydrogen-bond donors (Lipinski definition) is 1. The topological polar surface area (TPSA) is 52.9 Å². The van der Waals surface area contributed by atoms with Crippen molar-refractivity contribution in [1.82, 2.24) is 0 Å². The third kappa shape index (κ3) is 5.31. The highest BCUT2D eigenvalue weighted by atomic mass is 35.5. The summed E-state index contributed by atoms with van der Waals surface area (Å²) in [6, 6.07) is 20.9. The van der Waals surface area contributed by atoms with Gasteiger partial charge in [0.25, 0.3) is 5.91 Å². The lowest BCUT2D eigenvalue weighted by atomic mass is 9.98. The zero-order chi connectivity index (χ0) is 20.8. The van der Waals surface area contributed by atoms with Crippen LogP contribution in [0.25, 0.3) is 6.08 Å². The summed E-state index contributed by atoms with van der Waals surface area (Å²) in [7, 11) is 0. The minimum atomic E-state index is -0.515. The van der Waals surface area contributed by atoms with Crippen LogP contribution in [0.4, 0.5) is 10.1 Å². The van der Waals surface area contributed by atoms with Crippen LogP contribution in [-0.4, -0.2) is 5.91 Å². The lowest BCUT2D eigenvalue weighted by Crippen LogP contribution is -2.14. The zero-order valence-electron chi connectivity index (χ0n) is 15.7. The second-order valence-corrected chi connectivity index (χ2v) is 7.03. The number of nitriles is 1. The number of benzene rings is 3. The molecule has 144 valence electrons. The minimum Gasteiger partial charge on any atom is -0.321 e. The molecule has 3 rings (SSSR count). The van der Waals surface area contributed by atoms with Gasteiger partial charge in [-0.15, -0.1) is 0 Å². The van der Waals surface area contributed by atoms with Crippen LogP contribution in [0.1, 0.15) is 22.3 Å². The van der Waals surface area contributed by atoms with Crippen molar-refractivity contribution >= 4 is 29.3 Å². The van der Waals surface area contributed by atoms with E-state index in [0.29, 0.717) is 17.1 Å². The highest BCUT2D eigenvalue weighted by molar-refractivity contribution is 6.31. The predicted octanol–water partition coefficient (Wildman–Crippen LogP) is 5.92. The number of carbonyl (C=O) groups is 1. The second-order valence-electron chi connectivity index (χ2n) is 6.59. The molecule has 3 aromatic rings. The van der Waals surface area contributed by atoms with Crippen molar-refractivity contribution in [2.24, 2.45) is 0 Å². The number of aryl methyl sites for hydroxylation is 1. The first kappa shape index (κ1) is 20.3. The Morgan fingerprint density at radius 3 is 2.69 bits per heavy atom. The van der Waals surface area contributed by atoms with Crippen LogP contribution >= 0.6 is 11.6 Å². The van der Waals surface area contributed by atoms with Gasteiger partial charge in [0.1, 0.15) is 17.5 Å². The Labute approximate surface area is 174 Å². The number of nitrogens with zero attached hydrogens (tertiary/aromatic N) is 1. The van der Waals surface area contributed by atoms with Crippen molar-refractivity contribution in [3.05, 3.63) is 105 Å². The summed E-state index contributed by atoms with van der Waals surface area (Å²) in [6.45, 7) is 1.84. The molecule has 0 saturated carbocycles. The van der Waals surface area contributed by atoms with Crippen LogP contribution in [0.5, 0.6) is 0 Å². The zero-order valence-corrected chi connectivity index (χ0v) is 16.5. The molecule has 0 unspecified atom stereocenters. The quantitative estimate of drug-likeness (QED) is 0.423. The molecule has 3 aromatic carbocycles. The normalized spacial score (nSPS) is 11.0. The van der Waals surface area contributed by atoms with E-state index in [-0.39, 0.29) is 11.4 Å². The molecule has 1 amide bonds. The van der Waals surface area contributed by atoms with Gasteiger partial charge in [0.15, 0.2) is 0 Å². The van der Waals surface area contributed by atoms with Crippen LogP contribution in [-0.2, 0) is 11.2 Å². The van der Waals surface area contributed by atoms with Gasteiger partial charge in [-0.3, -0.25) is 4.79 Å². The summed E-state index contributed by atoms with van der Waals surface area (Å²) in [5.41, 5.74) is 3.78. The maximum Gasteiger partial charge on any atom is 0.266 e. The van der Waals surface area contributed by atoms with E-state index >= 15 is 0 Å². The van der Waals surface area contributed by atoms with E-state index in [1.165, 1.54) is 12.1 Å². The van der Waals surface area contributed by atoms with Gasteiger partial charge in [0, 0.05) is 10.7 Å². The molecule has 29 heavy (non-hydrogen) atoms. The Bertz CT molecular complexity index is 1130. The summed E-state index contributed by atoms with van der Waals surface area (Å²) in [5.74, 6) is -0.817. The molecule has 0 radical (unpaired) electrons. The van der Waals surface area contributed by atoms with Crippen molar-refractivity contribution in [3.63, 3.8) is 0 Å². The van der Waals surface area contributed by atoms with Crippen molar-refractivity contribution in [2.45, 2.75) is 13.3 Å². The fourth-order valence-corrected chi connectivity index (χ4v) is 3.10. The molecular formula is C24H18ClFN2O. The van der Waals surface area contributed by atoms with Gasteiger partial charge in [-0.1, -0.05) is 54.1 Å². The Morgan fingerprint density at radius 2 is 1.93 bits per heavy atom. The number of amides is 1. The Balaban J connectivity index is 1.88. The molecule has 5 heteroatoms. The molecule has 0 bridgehead atoms. The van der Waals surface area contributed by atoms with Crippen LogP contribution in [0.2, 0.25) is 5.02 Å². The van der Waals surface area contributed by atoms with Crippen molar-refractivity contribution in [2.75, 3.05) is 5.32 Å². The third-order valence-corrected chi connectivity index (χ3v) is 4.69. The van der Waals surface area contributed by atoms with E-state index in [1.807, 2.05) is 43.3 Å². The van der Waals surface area contributed by atoms with Crippen LogP contribution in [0, 0.1) is 24.1 Å². The lowest BCUT2D eigenvalue weighted by Gasteiger charge is -2.10. The van der Waals surface area contributed by atoms with Crippen LogP contribution < -0.4 is 5.32 Å². The van der Waals surface area contributed by atoms with Gasteiger partial charge < -0.3 is 5.32 Å². The maximum absolute atomic E-state index is 13.5. The molecule has 0 saturated heterocycles. The molecule has 0 aliphatic heterocycles. The number of hydrogen-bond acceptors (Lipinski definition) is 2. The molecule has 0 aromatic heterocycles. The second kappa shape index (κ2) is 9.18. The fraction of sp³-hybridized carbons (Fsp3) is 0.0833. The van der Waals surface area contributed by atoms with E-state index in [0.717, 1.165) is 22.3 Å². The molecule has 0 aliphatic rings. The minimum absolute atomic E-state index is 0.0314. The Morgan fingerprint density at radius 1 is 1.14 bits per heavy atom. The number of halogens is 2. The summed E-state index contributed by atoms with van der Waals surface area (Å²) in [4.78, 5) is 12.6. The van der Waals surface area contributed by atoms with E-state index < -0.39 is 5.91 Å². The SMILES string of the molecule is Cc1ccc(Cl)cc1NC(=O)/C(C#N)=C/c1ccccc1Cc1cccc(F)c1. The van der Waals surface area contributed by atoms with E-state index in [9.17, 15) is 14.4 Å². The Kier molecular flexibility index (Phi) is 6.43. The molecule has 0 spiro atoms. The fourth-order valence-electron chi connectivity index (χ4n) is 2.93. The first-order chi connectivity index (χ1) is 14.0. The van der Waals surface area contributed by atoms with E-state index in [1.54, 1.807) is 30.3 Å². The number of nitrogens with one attached hydrogen (secondary N) is 1. The van der Waals surface area contributed by atoms with Gasteiger partial charge in [0.2, 0.25) is 0 Å². The van der Waals surface area contributed by atoms with Crippen LogP contribution in [0.3, 0.4) is 0 Å². The average molecular weight is 405 g/mol. The molecule has 0 atom stereocenters. The number of rotatable bonds is 5. The summed E-state index contributed by atoms with van der Waals surface area (Å²) in [6.07, 6.45) is 2.03. The molecule has 0 aliphatic carbocycles. The summed E-state index contributed by atoms with van der Waals surface area (Å²) in [5, 5.41) is 12.8. The predicted molar refractivity (Wildman–Crippen MR) is 114 cm³/mol. The van der Waals surface area contributed by atoms with Crippen molar-refractivity contribution < 1.29 is 9.18 Å². The van der Waals surface area contributed by atoms with E-state index in [2.05, 4.69) is 5.32 Å². The van der Waals surface area contributed by atoms with Crippen molar-refractivity contribution in [3.8, 4) is 6.07 Å². The van der Waals surface area contributed by atoms with Crippen LogP contribution in [0.15, 0.2) is 72.3 Å². The largest absolute Gasteiger partial charge is 0.321 e. The van der Waals surface area contributed by atoms with Gasteiger partial charge in [-0.25, -0.2) is 4.39 Å². The van der Waals surface area contributed by atoms with Gasteiger partial charge in [-0.05, 0) is 65.9 Å². The number of anilines is 1. The molecule has 3 nitrogen and oxygen atoms in total. The number of carbonyl (C=O) groups excluding carboxylic acids is 1. The van der Waals surface area contributed by atoms with Gasteiger partial charge in [-0.2, -0.15) is 5.26 Å². The molecule has 0 fully saturated rings. The molecule has 1 N–H and O–H groups in total. The average Bonchev–Trinajstić information content (AvgIpc) is 2.70.